The Hall–Kier alpha value is -2.65. The average molecular weight is 322 g/mol. The SMILES string of the molecule is Cc1cc(Cl)ccc1NN=C(c1ccccc1)c1ccccn1. The molecule has 0 saturated heterocycles. The second kappa shape index (κ2) is 7.07. The molecule has 3 nitrogen and oxygen atoms in total. The van der Waals surface area contributed by atoms with Crippen molar-refractivity contribution in [3.8, 4) is 0 Å². The summed E-state index contributed by atoms with van der Waals surface area (Å²) in [5.74, 6) is 0. The van der Waals surface area contributed by atoms with Crippen LogP contribution in [0.3, 0.4) is 0 Å². The first-order valence-corrected chi connectivity index (χ1v) is 7.68. The first kappa shape index (κ1) is 15.3. The number of pyridine rings is 1. The number of hydrogen-bond acceptors (Lipinski definition) is 3. The van der Waals surface area contributed by atoms with Crippen molar-refractivity contribution >= 4 is 23.0 Å². The molecule has 3 rings (SSSR count). The molecule has 1 aromatic heterocycles. The summed E-state index contributed by atoms with van der Waals surface area (Å²) in [5.41, 5.74) is 7.69. The van der Waals surface area contributed by atoms with E-state index < -0.39 is 0 Å². The van der Waals surface area contributed by atoms with E-state index >= 15 is 0 Å². The number of anilines is 1. The second-order valence-corrected chi connectivity index (χ2v) is 5.55. The monoisotopic (exact) mass is 321 g/mol. The van der Waals surface area contributed by atoms with Gasteiger partial charge in [0.2, 0.25) is 0 Å². The Morgan fingerprint density at radius 2 is 1.78 bits per heavy atom. The van der Waals surface area contributed by atoms with Crippen LogP contribution >= 0.6 is 11.6 Å². The van der Waals surface area contributed by atoms with Crippen LogP contribution < -0.4 is 5.43 Å². The van der Waals surface area contributed by atoms with E-state index in [-0.39, 0.29) is 0 Å². The van der Waals surface area contributed by atoms with Gasteiger partial charge in [-0.15, -0.1) is 0 Å². The Bertz CT molecular complexity index is 773. The summed E-state index contributed by atoms with van der Waals surface area (Å²) in [7, 11) is 0. The summed E-state index contributed by atoms with van der Waals surface area (Å²) in [6.45, 7) is 1.99. The van der Waals surface area contributed by atoms with Gasteiger partial charge in [-0.2, -0.15) is 5.10 Å². The lowest BCUT2D eigenvalue weighted by molar-refractivity contribution is 1.24. The Kier molecular flexibility index (Phi) is 4.69. The minimum atomic E-state index is 0.713. The zero-order chi connectivity index (χ0) is 16.1. The van der Waals surface area contributed by atoms with E-state index in [4.69, 9.17) is 11.6 Å². The van der Waals surface area contributed by atoms with Gasteiger partial charge in [0, 0.05) is 16.8 Å². The van der Waals surface area contributed by atoms with E-state index in [9.17, 15) is 0 Å². The average Bonchev–Trinajstić information content (AvgIpc) is 2.59. The lowest BCUT2D eigenvalue weighted by Crippen LogP contribution is -2.08. The predicted octanol–water partition coefficient (Wildman–Crippen LogP) is 4.91. The van der Waals surface area contributed by atoms with Crippen LogP contribution in [0.25, 0.3) is 0 Å². The fourth-order valence-electron chi connectivity index (χ4n) is 2.24. The summed E-state index contributed by atoms with van der Waals surface area (Å²) in [6.07, 6.45) is 1.77. The predicted molar refractivity (Wildman–Crippen MR) is 96.1 cm³/mol. The normalized spacial score (nSPS) is 11.3. The van der Waals surface area contributed by atoms with Gasteiger partial charge in [0.05, 0.1) is 11.4 Å². The van der Waals surface area contributed by atoms with Crippen LogP contribution in [-0.4, -0.2) is 10.7 Å². The summed E-state index contributed by atoms with van der Waals surface area (Å²) < 4.78 is 0. The van der Waals surface area contributed by atoms with Gasteiger partial charge in [0.25, 0.3) is 0 Å². The summed E-state index contributed by atoms with van der Waals surface area (Å²) in [5, 5.41) is 5.30. The number of benzene rings is 2. The Balaban J connectivity index is 1.98. The topological polar surface area (TPSA) is 37.3 Å². The van der Waals surface area contributed by atoms with Gasteiger partial charge in [-0.25, -0.2) is 0 Å². The molecular formula is C19H16ClN3. The van der Waals surface area contributed by atoms with E-state index in [0.717, 1.165) is 28.2 Å². The summed E-state index contributed by atoms with van der Waals surface area (Å²) >= 11 is 6.00. The van der Waals surface area contributed by atoms with E-state index in [0.29, 0.717) is 5.02 Å². The van der Waals surface area contributed by atoms with E-state index in [1.807, 2.05) is 73.7 Å². The molecule has 0 spiro atoms. The van der Waals surface area contributed by atoms with Crippen molar-refractivity contribution in [3.05, 3.63) is 94.8 Å². The molecule has 0 aliphatic rings. The van der Waals surface area contributed by atoms with Crippen molar-refractivity contribution < 1.29 is 0 Å². The Labute approximate surface area is 140 Å². The lowest BCUT2D eigenvalue weighted by atomic mass is 10.1. The standard InChI is InChI=1S/C19H16ClN3/c1-14-13-16(20)10-11-17(14)22-23-19(15-7-3-2-4-8-15)18-9-5-6-12-21-18/h2-13,22H,1H3. The maximum absolute atomic E-state index is 6.00. The molecule has 114 valence electrons. The number of aryl methyl sites for hydroxylation is 1. The van der Waals surface area contributed by atoms with E-state index in [1.165, 1.54) is 0 Å². The summed E-state index contributed by atoms with van der Waals surface area (Å²) in [6, 6.07) is 21.5. The van der Waals surface area contributed by atoms with Gasteiger partial charge < -0.3 is 0 Å². The number of hydrazone groups is 1. The first-order valence-electron chi connectivity index (χ1n) is 7.31. The maximum atomic E-state index is 6.00. The van der Waals surface area contributed by atoms with Crippen LogP contribution in [0.2, 0.25) is 5.02 Å². The minimum Gasteiger partial charge on any atom is -0.278 e. The quantitative estimate of drug-likeness (QED) is 0.547. The third kappa shape index (κ3) is 3.76. The van der Waals surface area contributed by atoms with Crippen molar-refractivity contribution in [2.75, 3.05) is 5.43 Å². The maximum Gasteiger partial charge on any atom is 0.116 e. The second-order valence-electron chi connectivity index (χ2n) is 5.11. The minimum absolute atomic E-state index is 0.713. The van der Waals surface area contributed by atoms with E-state index in [1.54, 1.807) is 6.20 Å². The number of halogens is 1. The number of nitrogens with one attached hydrogen (secondary N) is 1. The van der Waals surface area contributed by atoms with Crippen LogP contribution in [0, 0.1) is 6.92 Å². The highest BCUT2D eigenvalue weighted by molar-refractivity contribution is 6.30. The molecule has 0 fully saturated rings. The number of aromatic nitrogens is 1. The first-order chi connectivity index (χ1) is 11.2. The van der Waals surface area contributed by atoms with Gasteiger partial charge in [-0.3, -0.25) is 10.4 Å². The van der Waals surface area contributed by atoms with Gasteiger partial charge in [0.1, 0.15) is 5.71 Å². The zero-order valence-corrected chi connectivity index (χ0v) is 13.5. The van der Waals surface area contributed by atoms with Crippen molar-refractivity contribution in [2.45, 2.75) is 6.92 Å². The van der Waals surface area contributed by atoms with Crippen LogP contribution in [0.5, 0.6) is 0 Å². The molecule has 3 aromatic rings. The molecule has 0 atom stereocenters. The highest BCUT2D eigenvalue weighted by Gasteiger charge is 2.08. The molecule has 4 heteroatoms. The number of rotatable bonds is 4. The van der Waals surface area contributed by atoms with Crippen LogP contribution in [0.4, 0.5) is 5.69 Å². The lowest BCUT2D eigenvalue weighted by Gasteiger charge is -2.09. The van der Waals surface area contributed by atoms with Gasteiger partial charge in [0.15, 0.2) is 0 Å². The molecular weight excluding hydrogens is 306 g/mol. The molecule has 23 heavy (non-hydrogen) atoms. The van der Waals surface area contributed by atoms with Crippen molar-refractivity contribution in [1.82, 2.24) is 4.98 Å². The number of nitrogens with zero attached hydrogens (tertiary/aromatic N) is 2. The Morgan fingerprint density at radius 1 is 1.00 bits per heavy atom. The van der Waals surface area contributed by atoms with Crippen LogP contribution in [0.1, 0.15) is 16.8 Å². The van der Waals surface area contributed by atoms with Crippen molar-refractivity contribution in [3.63, 3.8) is 0 Å². The Morgan fingerprint density at radius 3 is 2.48 bits per heavy atom. The highest BCUT2D eigenvalue weighted by Crippen LogP contribution is 2.20. The fraction of sp³-hybridized carbons (Fsp3) is 0.0526. The molecule has 2 aromatic carbocycles. The molecule has 1 heterocycles. The highest BCUT2D eigenvalue weighted by atomic mass is 35.5. The smallest absolute Gasteiger partial charge is 0.116 e. The molecule has 0 unspecified atom stereocenters. The molecule has 0 aliphatic carbocycles. The molecule has 0 amide bonds. The van der Waals surface area contributed by atoms with Crippen molar-refractivity contribution in [1.29, 1.82) is 0 Å². The zero-order valence-electron chi connectivity index (χ0n) is 12.7. The molecule has 0 aliphatic heterocycles. The molecule has 0 bridgehead atoms. The summed E-state index contributed by atoms with van der Waals surface area (Å²) in [4.78, 5) is 4.41. The van der Waals surface area contributed by atoms with E-state index in [2.05, 4.69) is 15.5 Å². The van der Waals surface area contributed by atoms with Crippen LogP contribution in [0.15, 0.2) is 78.0 Å². The van der Waals surface area contributed by atoms with Crippen molar-refractivity contribution in [2.24, 2.45) is 5.10 Å². The molecule has 0 saturated carbocycles. The number of hydrogen-bond donors (Lipinski definition) is 1. The third-order valence-electron chi connectivity index (χ3n) is 3.43. The molecule has 1 N–H and O–H groups in total. The van der Waals surface area contributed by atoms with Gasteiger partial charge in [-0.05, 0) is 42.8 Å². The fourth-order valence-corrected chi connectivity index (χ4v) is 2.46. The largest absolute Gasteiger partial charge is 0.278 e. The van der Waals surface area contributed by atoms with Gasteiger partial charge in [-0.1, -0.05) is 48.0 Å². The third-order valence-corrected chi connectivity index (χ3v) is 3.67. The van der Waals surface area contributed by atoms with Gasteiger partial charge >= 0.3 is 0 Å². The van der Waals surface area contributed by atoms with Crippen LogP contribution in [-0.2, 0) is 0 Å². The molecule has 0 radical (unpaired) electrons.